The molecule has 2 aromatic carbocycles. The average Bonchev–Trinajstić information content (AvgIpc) is 2.40. The minimum atomic E-state index is 0. The number of azo groups is 1. The zero-order valence-corrected chi connectivity index (χ0v) is 9.51. The number of benzene rings is 2. The first kappa shape index (κ1) is 13.9. The van der Waals surface area contributed by atoms with E-state index in [-0.39, 0.29) is 13.4 Å². The number of phenols is 1. The third-order valence-electron chi connectivity index (χ3n) is 1.91. The lowest BCUT2D eigenvalue weighted by atomic mass is 10.3. The van der Waals surface area contributed by atoms with Gasteiger partial charge in [0.2, 0.25) is 0 Å². The summed E-state index contributed by atoms with van der Waals surface area (Å²) in [5, 5.41) is 31.4. The molecule has 0 spiro atoms. The van der Waals surface area contributed by atoms with Crippen LogP contribution >= 0.6 is 0 Å². The number of hydrogen-bond acceptors (Lipinski definition) is 5. The number of rotatable bonds is 2. The van der Waals surface area contributed by atoms with E-state index in [1.165, 1.54) is 0 Å². The van der Waals surface area contributed by atoms with Crippen molar-refractivity contribution in [2.24, 2.45) is 10.2 Å². The molecule has 0 saturated heterocycles. The van der Waals surface area contributed by atoms with Gasteiger partial charge in [-0.1, -0.05) is 30.3 Å². The molecule has 91 valence electrons. The summed E-state index contributed by atoms with van der Waals surface area (Å²) in [7, 11) is 0. The highest BCUT2D eigenvalue weighted by molar-refractivity contribution is 6.13. The van der Waals surface area contributed by atoms with E-state index < -0.39 is 0 Å². The molecule has 0 atom stereocenters. The second-order valence-corrected chi connectivity index (χ2v) is 3.14. The standard InChI is InChI=1S/C12H10N2O.BH2O2/c15-12-9-5-4-8-11(12)14-13-10-6-2-1-3-7-10;2-1-3/h1-9,15H;2-3H. The monoisotopic (exact) mass is 243 g/mol. The Morgan fingerprint density at radius 3 is 1.94 bits per heavy atom. The Balaban J connectivity index is 0.000000492. The van der Waals surface area contributed by atoms with E-state index in [1.54, 1.807) is 24.3 Å². The lowest BCUT2D eigenvalue weighted by Crippen LogP contribution is -1.75. The quantitative estimate of drug-likeness (QED) is 0.558. The maximum atomic E-state index is 9.43. The molecule has 0 aliphatic rings. The largest absolute Gasteiger partial charge is 0.506 e. The summed E-state index contributed by atoms with van der Waals surface area (Å²) in [6.45, 7) is 0. The maximum Gasteiger partial charge on any atom is 0.482 e. The van der Waals surface area contributed by atoms with Crippen LogP contribution in [-0.2, 0) is 0 Å². The summed E-state index contributed by atoms with van der Waals surface area (Å²) in [5.74, 6) is 0.136. The predicted octanol–water partition coefficient (Wildman–Crippen LogP) is 2.31. The van der Waals surface area contributed by atoms with E-state index in [0.717, 1.165) is 5.69 Å². The smallest absolute Gasteiger partial charge is 0.482 e. The van der Waals surface area contributed by atoms with E-state index in [1.807, 2.05) is 30.3 Å². The van der Waals surface area contributed by atoms with Gasteiger partial charge in [0.15, 0.2) is 0 Å². The molecule has 0 amide bonds. The van der Waals surface area contributed by atoms with Gasteiger partial charge in [-0.2, -0.15) is 5.11 Å². The first-order chi connectivity index (χ1) is 8.77. The Labute approximate surface area is 105 Å². The molecule has 0 saturated carbocycles. The highest BCUT2D eigenvalue weighted by Gasteiger charge is 1.95. The summed E-state index contributed by atoms with van der Waals surface area (Å²) in [4.78, 5) is 0. The van der Waals surface area contributed by atoms with Gasteiger partial charge in [-0.05, 0) is 24.3 Å². The molecule has 2 aromatic rings. The Morgan fingerprint density at radius 2 is 1.33 bits per heavy atom. The Kier molecular flexibility index (Phi) is 6.17. The lowest BCUT2D eigenvalue weighted by molar-refractivity contribution is 0.448. The van der Waals surface area contributed by atoms with Crippen LogP contribution in [0.5, 0.6) is 5.75 Å². The van der Waals surface area contributed by atoms with Crippen molar-refractivity contribution in [3.05, 3.63) is 54.6 Å². The predicted molar refractivity (Wildman–Crippen MR) is 68.9 cm³/mol. The van der Waals surface area contributed by atoms with Crippen molar-refractivity contribution in [3.63, 3.8) is 0 Å². The fourth-order valence-corrected chi connectivity index (χ4v) is 1.15. The summed E-state index contributed by atoms with van der Waals surface area (Å²) < 4.78 is 0. The summed E-state index contributed by atoms with van der Waals surface area (Å²) in [5.41, 5.74) is 1.24. The molecule has 0 bridgehead atoms. The van der Waals surface area contributed by atoms with Crippen molar-refractivity contribution in [2.75, 3.05) is 0 Å². The van der Waals surface area contributed by atoms with Gasteiger partial charge in [-0.25, -0.2) is 0 Å². The molecule has 0 aliphatic carbocycles. The Morgan fingerprint density at radius 1 is 0.778 bits per heavy atom. The zero-order chi connectivity index (χ0) is 13.2. The van der Waals surface area contributed by atoms with Crippen LogP contribution in [-0.4, -0.2) is 22.8 Å². The van der Waals surface area contributed by atoms with E-state index >= 15 is 0 Å². The van der Waals surface area contributed by atoms with Gasteiger partial charge in [0, 0.05) is 0 Å². The number of aromatic hydroxyl groups is 1. The van der Waals surface area contributed by atoms with Gasteiger partial charge in [0.1, 0.15) is 11.4 Å². The second-order valence-electron chi connectivity index (χ2n) is 3.14. The molecule has 1 radical (unpaired) electrons. The third kappa shape index (κ3) is 4.77. The van der Waals surface area contributed by atoms with Gasteiger partial charge in [0.25, 0.3) is 0 Å². The van der Waals surface area contributed by atoms with Gasteiger partial charge in [-0.15, -0.1) is 5.11 Å². The van der Waals surface area contributed by atoms with Crippen LogP contribution in [0.2, 0.25) is 0 Å². The first-order valence-electron chi connectivity index (χ1n) is 5.13. The number of para-hydroxylation sites is 1. The third-order valence-corrected chi connectivity index (χ3v) is 1.91. The fourth-order valence-electron chi connectivity index (χ4n) is 1.15. The van der Waals surface area contributed by atoms with Crippen LogP contribution in [0, 0.1) is 0 Å². The van der Waals surface area contributed by atoms with Crippen molar-refractivity contribution >= 4 is 19.1 Å². The minimum absolute atomic E-state index is 0. The van der Waals surface area contributed by atoms with Crippen LogP contribution in [0.4, 0.5) is 11.4 Å². The summed E-state index contributed by atoms with van der Waals surface area (Å²) >= 11 is 0. The molecule has 18 heavy (non-hydrogen) atoms. The second kappa shape index (κ2) is 8.00. The molecule has 0 unspecified atom stereocenters. The SMILES string of the molecule is O[B]O.Oc1ccccc1N=Nc1ccccc1. The zero-order valence-electron chi connectivity index (χ0n) is 9.51. The van der Waals surface area contributed by atoms with Gasteiger partial charge in [-0.3, -0.25) is 0 Å². The summed E-state index contributed by atoms with van der Waals surface area (Å²) in [6.07, 6.45) is 0. The molecule has 0 aliphatic heterocycles. The Bertz CT molecular complexity index is 492. The van der Waals surface area contributed by atoms with Crippen molar-refractivity contribution in [3.8, 4) is 5.75 Å². The molecule has 6 heteroatoms. The highest BCUT2D eigenvalue weighted by atomic mass is 16.4. The molecule has 2 rings (SSSR count). The van der Waals surface area contributed by atoms with Crippen LogP contribution in [0.15, 0.2) is 64.8 Å². The Hall–Kier alpha value is -2.18. The minimum Gasteiger partial charge on any atom is -0.506 e. The molecule has 0 fully saturated rings. The van der Waals surface area contributed by atoms with Crippen LogP contribution in [0.1, 0.15) is 0 Å². The molecule has 3 N–H and O–H groups in total. The summed E-state index contributed by atoms with van der Waals surface area (Å²) in [6, 6.07) is 16.2. The van der Waals surface area contributed by atoms with Crippen molar-refractivity contribution in [1.82, 2.24) is 0 Å². The van der Waals surface area contributed by atoms with Gasteiger partial charge in [0.05, 0.1) is 5.69 Å². The molecule has 5 nitrogen and oxygen atoms in total. The van der Waals surface area contributed by atoms with Crippen LogP contribution < -0.4 is 0 Å². The number of hydrogen-bond donors (Lipinski definition) is 3. The van der Waals surface area contributed by atoms with Gasteiger partial charge < -0.3 is 15.2 Å². The van der Waals surface area contributed by atoms with E-state index in [0.29, 0.717) is 5.69 Å². The number of phenolic OH excluding ortho intramolecular Hbond substituents is 1. The van der Waals surface area contributed by atoms with Crippen molar-refractivity contribution in [1.29, 1.82) is 0 Å². The van der Waals surface area contributed by atoms with Crippen molar-refractivity contribution < 1.29 is 15.2 Å². The van der Waals surface area contributed by atoms with Crippen LogP contribution in [0.25, 0.3) is 0 Å². The normalized spacial score (nSPS) is 9.67. The first-order valence-corrected chi connectivity index (χ1v) is 5.13. The van der Waals surface area contributed by atoms with Crippen LogP contribution in [0.3, 0.4) is 0 Å². The van der Waals surface area contributed by atoms with E-state index in [9.17, 15) is 5.11 Å². The average molecular weight is 243 g/mol. The fraction of sp³-hybridized carbons (Fsp3) is 0. The topological polar surface area (TPSA) is 85.4 Å². The molecular weight excluding hydrogens is 231 g/mol. The highest BCUT2D eigenvalue weighted by Crippen LogP contribution is 2.26. The molecular formula is C12H12BN2O3. The molecule has 0 heterocycles. The number of nitrogens with zero attached hydrogens (tertiary/aromatic N) is 2. The van der Waals surface area contributed by atoms with Gasteiger partial charge >= 0.3 is 7.69 Å². The van der Waals surface area contributed by atoms with Crippen molar-refractivity contribution in [2.45, 2.75) is 0 Å². The van der Waals surface area contributed by atoms with E-state index in [2.05, 4.69) is 10.2 Å². The van der Waals surface area contributed by atoms with E-state index in [4.69, 9.17) is 10.0 Å². The molecule has 0 aromatic heterocycles. The lowest BCUT2D eigenvalue weighted by Gasteiger charge is -1.95. The maximum absolute atomic E-state index is 9.43.